The van der Waals surface area contributed by atoms with Gasteiger partial charge in [-0.05, 0) is 32.7 Å². The second-order valence-corrected chi connectivity index (χ2v) is 5.19. The zero-order chi connectivity index (χ0) is 11.4. The zero-order valence-corrected chi connectivity index (χ0v) is 10.9. The minimum absolute atomic E-state index is 0.0677. The fraction of sp³-hybridized carbons (Fsp3) is 1.00. The van der Waals surface area contributed by atoms with Crippen LogP contribution >= 0.6 is 0 Å². The highest BCUT2D eigenvalue weighted by molar-refractivity contribution is 4.95. The van der Waals surface area contributed by atoms with Crippen molar-refractivity contribution in [3.8, 4) is 0 Å². The molecule has 86 valence electrons. The summed E-state index contributed by atoms with van der Waals surface area (Å²) in [7, 11) is 2.02. The van der Waals surface area contributed by atoms with E-state index in [-0.39, 0.29) is 11.0 Å². The molecule has 2 heteroatoms. The van der Waals surface area contributed by atoms with E-state index in [2.05, 4.69) is 46.9 Å². The van der Waals surface area contributed by atoms with Gasteiger partial charge in [0, 0.05) is 12.6 Å². The normalized spacial score (nSPS) is 19.1. The molecule has 0 aliphatic carbocycles. The first-order valence-corrected chi connectivity index (χ1v) is 5.63. The molecule has 0 aliphatic rings. The van der Waals surface area contributed by atoms with Crippen molar-refractivity contribution >= 4 is 0 Å². The molecule has 0 radical (unpaired) electrons. The second kappa shape index (κ2) is 5.13. The summed E-state index contributed by atoms with van der Waals surface area (Å²) in [5, 5.41) is 3.39. The average molecular weight is 201 g/mol. The standard InChI is InChI=1S/C12H27NO/c1-8-12(6,14-9-2)10(13-7)11(3,4)5/h10,13H,8-9H2,1-7H3. The maximum absolute atomic E-state index is 5.90. The quantitative estimate of drug-likeness (QED) is 0.738. The van der Waals surface area contributed by atoms with Crippen molar-refractivity contribution in [2.45, 2.75) is 59.6 Å². The van der Waals surface area contributed by atoms with Crippen LogP contribution in [0.25, 0.3) is 0 Å². The summed E-state index contributed by atoms with van der Waals surface area (Å²) in [6.45, 7) is 14.0. The van der Waals surface area contributed by atoms with Crippen LogP contribution in [0.3, 0.4) is 0 Å². The van der Waals surface area contributed by atoms with Gasteiger partial charge in [-0.2, -0.15) is 0 Å². The molecule has 0 spiro atoms. The van der Waals surface area contributed by atoms with Gasteiger partial charge in [-0.15, -0.1) is 0 Å². The Morgan fingerprint density at radius 1 is 1.14 bits per heavy atom. The summed E-state index contributed by atoms with van der Waals surface area (Å²) in [4.78, 5) is 0. The molecular weight excluding hydrogens is 174 g/mol. The van der Waals surface area contributed by atoms with Crippen molar-refractivity contribution in [2.75, 3.05) is 13.7 Å². The van der Waals surface area contributed by atoms with Crippen molar-refractivity contribution < 1.29 is 4.74 Å². The number of hydrogen-bond donors (Lipinski definition) is 1. The van der Waals surface area contributed by atoms with Crippen LogP contribution < -0.4 is 5.32 Å². The van der Waals surface area contributed by atoms with E-state index < -0.39 is 0 Å². The van der Waals surface area contributed by atoms with Crippen LogP contribution in [-0.4, -0.2) is 25.3 Å². The topological polar surface area (TPSA) is 21.3 Å². The van der Waals surface area contributed by atoms with E-state index in [0.717, 1.165) is 13.0 Å². The van der Waals surface area contributed by atoms with E-state index in [4.69, 9.17) is 4.74 Å². The maximum Gasteiger partial charge on any atom is 0.0809 e. The Kier molecular flexibility index (Phi) is 5.10. The first-order valence-electron chi connectivity index (χ1n) is 5.63. The van der Waals surface area contributed by atoms with Gasteiger partial charge >= 0.3 is 0 Å². The first kappa shape index (κ1) is 13.9. The summed E-state index contributed by atoms with van der Waals surface area (Å²) in [6, 6.07) is 0.375. The van der Waals surface area contributed by atoms with Crippen LogP contribution in [0.15, 0.2) is 0 Å². The predicted molar refractivity (Wildman–Crippen MR) is 62.6 cm³/mol. The zero-order valence-electron chi connectivity index (χ0n) is 10.9. The molecule has 0 rings (SSSR count). The Morgan fingerprint density at radius 3 is 1.86 bits per heavy atom. The number of ether oxygens (including phenoxy) is 1. The van der Waals surface area contributed by atoms with Crippen LogP contribution in [0.4, 0.5) is 0 Å². The van der Waals surface area contributed by atoms with Crippen molar-refractivity contribution in [2.24, 2.45) is 5.41 Å². The van der Waals surface area contributed by atoms with Crippen LogP contribution in [0, 0.1) is 5.41 Å². The van der Waals surface area contributed by atoms with E-state index in [1.807, 2.05) is 7.05 Å². The molecule has 0 saturated heterocycles. The lowest BCUT2D eigenvalue weighted by molar-refractivity contribution is -0.0789. The molecule has 0 aromatic carbocycles. The summed E-state index contributed by atoms with van der Waals surface area (Å²) < 4.78 is 5.90. The van der Waals surface area contributed by atoms with Gasteiger partial charge < -0.3 is 10.1 Å². The molecule has 0 saturated carbocycles. The summed E-state index contributed by atoms with van der Waals surface area (Å²) >= 11 is 0. The first-order chi connectivity index (χ1) is 6.31. The van der Waals surface area contributed by atoms with E-state index in [1.165, 1.54) is 0 Å². The number of hydrogen-bond acceptors (Lipinski definition) is 2. The van der Waals surface area contributed by atoms with Crippen LogP contribution in [0.1, 0.15) is 48.0 Å². The fourth-order valence-corrected chi connectivity index (χ4v) is 2.37. The number of likely N-dealkylation sites (N-methyl/N-ethyl adjacent to an activating group) is 1. The highest BCUT2D eigenvalue weighted by atomic mass is 16.5. The van der Waals surface area contributed by atoms with Crippen LogP contribution in [-0.2, 0) is 4.74 Å². The van der Waals surface area contributed by atoms with E-state index >= 15 is 0 Å². The predicted octanol–water partition coefficient (Wildman–Crippen LogP) is 2.83. The van der Waals surface area contributed by atoms with Gasteiger partial charge in [0.2, 0.25) is 0 Å². The fourth-order valence-electron chi connectivity index (χ4n) is 2.37. The van der Waals surface area contributed by atoms with Crippen molar-refractivity contribution in [1.29, 1.82) is 0 Å². The molecule has 0 amide bonds. The molecule has 0 fully saturated rings. The molecule has 2 unspecified atom stereocenters. The lowest BCUT2D eigenvalue weighted by Gasteiger charge is -2.44. The lowest BCUT2D eigenvalue weighted by Crippen LogP contribution is -2.55. The third-order valence-electron chi connectivity index (χ3n) is 2.94. The maximum atomic E-state index is 5.90. The molecule has 0 aliphatic heterocycles. The molecule has 2 nitrogen and oxygen atoms in total. The van der Waals surface area contributed by atoms with E-state index in [0.29, 0.717) is 6.04 Å². The molecule has 0 bridgehead atoms. The van der Waals surface area contributed by atoms with Gasteiger partial charge in [-0.25, -0.2) is 0 Å². The Labute approximate surface area is 89.4 Å². The van der Waals surface area contributed by atoms with Crippen LogP contribution in [0.5, 0.6) is 0 Å². The van der Waals surface area contributed by atoms with Crippen LogP contribution in [0.2, 0.25) is 0 Å². The largest absolute Gasteiger partial charge is 0.374 e. The highest BCUT2D eigenvalue weighted by Gasteiger charge is 2.39. The molecule has 0 aromatic rings. The van der Waals surface area contributed by atoms with Crippen molar-refractivity contribution in [3.05, 3.63) is 0 Å². The number of rotatable bonds is 5. The Morgan fingerprint density at radius 2 is 1.64 bits per heavy atom. The SMILES string of the molecule is CCOC(C)(CC)C(NC)C(C)(C)C. The monoisotopic (exact) mass is 201 g/mol. The minimum atomic E-state index is -0.0677. The van der Waals surface area contributed by atoms with E-state index in [1.54, 1.807) is 0 Å². The van der Waals surface area contributed by atoms with Gasteiger partial charge in [-0.3, -0.25) is 0 Å². The minimum Gasteiger partial charge on any atom is -0.374 e. The molecule has 0 heterocycles. The third-order valence-corrected chi connectivity index (χ3v) is 2.94. The smallest absolute Gasteiger partial charge is 0.0809 e. The summed E-state index contributed by atoms with van der Waals surface area (Å²) in [6.07, 6.45) is 1.03. The van der Waals surface area contributed by atoms with Gasteiger partial charge in [-0.1, -0.05) is 27.7 Å². The van der Waals surface area contributed by atoms with Gasteiger partial charge in [0.25, 0.3) is 0 Å². The van der Waals surface area contributed by atoms with E-state index in [9.17, 15) is 0 Å². The molecule has 2 atom stereocenters. The highest BCUT2D eigenvalue weighted by Crippen LogP contribution is 2.32. The molecule has 14 heavy (non-hydrogen) atoms. The van der Waals surface area contributed by atoms with Gasteiger partial charge in [0.15, 0.2) is 0 Å². The second-order valence-electron chi connectivity index (χ2n) is 5.19. The van der Waals surface area contributed by atoms with Gasteiger partial charge in [0.1, 0.15) is 0 Å². The van der Waals surface area contributed by atoms with Crippen molar-refractivity contribution in [1.82, 2.24) is 5.32 Å². The van der Waals surface area contributed by atoms with Gasteiger partial charge in [0.05, 0.1) is 5.60 Å². The molecular formula is C12H27NO. The molecule has 0 aromatic heterocycles. The summed E-state index contributed by atoms with van der Waals surface area (Å²) in [5.41, 5.74) is 0.149. The lowest BCUT2D eigenvalue weighted by atomic mass is 9.75. The third kappa shape index (κ3) is 3.25. The summed E-state index contributed by atoms with van der Waals surface area (Å²) in [5.74, 6) is 0. The average Bonchev–Trinajstić information content (AvgIpc) is 2.03. The Balaban J connectivity index is 4.77. The number of nitrogens with one attached hydrogen (secondary N) is 1. The molecule has 1 N–H and O–H groups in total. The Hall–Kier alpha value is -0.0800. The Bertz CT molecular complexity index is 162. The van der Waals surface area contributed by atoms with Crippen molar-refractivity contribution in [3.63, 3.8) is 0 Å².